The van der Waals surface area contributed by atoms with Crippen LogP contribution in [0.3, 0.4) is 0 Å². The Kier molecular flexibility index (Phi) is 4.37. The first-order valence-electron chi connectivity index (χ1n) is 6.30. The normalized spacial score (nSPS) is 10.1. The fourth-order valence-electron chi connectivity index (χ4n) is 1.86. The third kappa shape index (κ3) is 3.28. The number of amides is 1. The molecule has 0 aliphatic rings. The highest BCUT2D eigenvalue weighted by Crippen LogP contribution is 2.32. The van der Waals surface area contributed by atoms with Gasteiger partial charge >= 0.3 is 0 Å². The number of pyridine rings is 1. The second-order valence-electron chi connectivity index (χ2n) is 4.57. The highest BCUT2D eigenvalue weighted by molar-refractivity contribution is 6.06. The molecule has 1 heterocycles. The van der Waals surface area contributed by atoms with E-state index in [0.717, 1.165) is 5.69 Å². The van der Waals surface area contributed by atoms with Crippen molar-refractivity contribution in [2.24, 2.45) is 0 Å². The lowest BCUT2D eigenvalue weighted by Crippen LogP contribution is -2.18. The molecule has 2 rings (SSSR count). The molecular formula is C15H16FN3O2. The Morgan fingerprint density at radius 2 is 1.90 bits per heavy atom. The van der Waals surface area contributed by atoms with Crippen LogP contribution in [0.5, 0.6) is 5.88 Å². The third-order valence-electron chi connectivity index (χ3n) is 2.91. The maximum absolute atomic E-state index is 12.9. The van der Waals surface area contributed by atoms with Gasteiger partial charge in [0.1, 0.15) is 11.5 Å². The Bertz CT molecular complexity index is 642. The van der Waals surface area contributed by atoms with Gasteiger partial charge in [-0.3, -0.25) is 4.79 Å². The summed E-state index contributed by atoms with van der Waals surface area (Å²) in [5.74, 6) is -0.430. The summed E-state index contributed by atoms with van der Waals surface area (Å²) < 4.78 is 18.1. The molecule has 1 amide bonds. The van der Waals surface area contributed by atoms with E-state index in [1.807, 2.05) is 19.0 Å². The van der Waals surface area contributed by atoms with Crippen molar-refractivity contribution in [3.8, 4) is 5.88 Å². The highest BCUT2D eigenvalue weighted by Gasteiger charge is 2.16. The van der Waals surface area contributed by atoms with Crippen molar-refractivity contribution in [3.63, 3.8) is 0 Å². The van der Waals surface area contributed by atoms with Crippen LogP contribution in [0, 0.1) is 5.82 Å². The first kappa shape index (κ1) is 14.8. The molecule has 0 aliphatic carbocycles. The highest BCUT2D eigenvalue weighted by atomic mass is 19.1. The molecule has 21 heavy (non-hydrogen) atoms. The fraction of sp³-hybridized carbons (Fsp3) is 0.200. The van der Waals surface area contributed by atoms with Crippen LogP contribution in [0.2, 0.25) is 0 Å². The first-order valence-corrected chi connectivity index (χ1v) is 6.30. The number of nitrogens with one attached hydrogen (secondary N) is 1. The molecule has 0 atom stereocenters. The predicted octanol–water partition coefficient (Wildman–Crippen LogP) is 2.55. The van der Waals surface area contributed by atoms with Crippen LogP contribution in [-0.4, -0.2) is 32.1 Å². The molecule has 1 N–H and O–H groups in total. The zero-order valence-corrected chi connectivity index (χ0v) is 12.1. The number of ether oxygens (including phenoxy) is 1. The standard InChI is InChI=1S/C15H16FN3O2/c1-19(2)12-8-9-17-15(21-3)13(12)18-14(20)10-4-6-11(16)7-5-10/h4-9H,1-3H3,(H,18,20). The van der Waals surface area contributed by atoms with E-state index < -0.39 is 0 Å². The number of carbonyl (C=O) groups is 1. The molecule has 2 aromatic rings. The maximum atomic E-state index is 12.9. The minimum absolute atomic E-state index is 0.316. The minimum atomic E-state index is -0.389. The molecule has 0 fully saturated rings. The molecule has 1 aromatic heterocycles. The Labute approximate surface area is 122 Å². The zero-order valence-electron chi connectivity index (χ0n) is 12.1. The lowest BCUT2D eigenvalue weighted by atomic mass is 10.2. The summed E-state index contributed by atoms with van der Waals surface area (Å²) >= 11 is 0. The summed E-state index contributed by atoms with van der Waals surface area (Å²) in [6.07, 6.45) is 1.60. The van der Waals surface area contributed by atoms with E-state index in [-0.39, 0.29) is 11.7 Å². The predicted molar refractivity (Wildman–Crippen MR) is 79.5 cm³/mol. The lowest BCUT2D eigenvalue weighted by molar-refractivity contribution is 0.102. The van der Waals surface area contributed by atoms with Gasteiger partial charge in [-0.2, -0.15) is 0 Å². The van der Waals surface area contributed by atoms with Gasteiger partial charge in [0, 0.05) is 25.9 Å². The van der Waals surface area contributed by atoms with Crippen LogP contribution in [0.15, 0.2) is 36.5 Å². The molecule has 1 aromatic carbocycles. The Morgan fingerprint density at radius 3 is 2.48 bits per heavy atom. The molecule has 0 aliphatic heterocycles. The van der Waals surface area contributed by atoms with Crippen molar-refractivity contribution in [1.29, 1.82) is 0 Å². The van der Waals surface area contributed by atoms with Crippen molar-refractivity contribution in [2.45, 2.75) is 0 Å². The molecular weight excluding hydrogens is 273 g/mol. The molecule has 0 unspecified atom stereocenters. The van der Waals surface area contributed by atoms with Gasteiger partial charge in [-0.05, 0) is 30.3 Å². The molecule has 0 bridgehead atoms. The van der Waals surface area contributed by atoms with Crippen LogP contribution in [0.4, 0.5) is 15.8 Å². The van der Waals surface area contributed by atoms with Gasteiger partial charge in [0.05, 0.1) is 12.8 Å². The Hall–Kier alpha value is -2.63. The van der Waals surface area contributed by atoms with Crippen LogP contribution >= 0.6 is 0 Å². The van der Waals surface area contributed by atoms with Gasteiger partial charge in [-0.25, -0.2) is 9.37 Å². The summed E-state index contributed by atoms with van der Waals surface area (Å²) in [5.41, 5.74) is 1.59. The van der Waals surface area contributed by atoms with Gasteiger partial charge in [0.25, 0.3) is 5.91 Å². The number of carbonyl (C=O) groups excluding carboxylic acids is 1. The average Bonchev–Trinajstić information content (AvgIpc) is 2.47. The minimum Gasteiger partial charge on any atom is -0.479 e. The fourth-order valence-corrected chi connectivity index (χ4v) is 1.86. The van der Waals surface area contributed by atoms with E-state index in [4.69, 9.17) is 4.74 Å². The maximum Gasteiger partial charge on any atom is 0.255 e. The van der Waals surface area contributed by atoms with Crippen molar-refractivity contribution in [3.05, 3.63) is 47.9 Å². The summed E-state index contributed by atoms with van der Waals surface area (Å²) in [6, 6.07) is 7.08. The summed E-state index contributed by atoms with van der Waals surface area (Å²) in [6.45, 7) is 0. The number of halogens is 1. The van der Waals surface area contributed by atoms with E-state index in [1.54, 1.807) is 12.3 Å². The van der Waals surface area contributed by atoms with Crippen molar-refractivity contribution in [2.75, 3.05) is 31.4 Å². The van der Waals surface area contributed by atoms with E-state index in [2.05, 4.69) is 10.3 Å². The van der Waals surface area contributed by atoms with E-state index in [0.29, 0.717) is 17.1 Å². The molecule has 0 radical (unpaired) electrons. The smallest absolute Gasteiger partial charge is 0.255 e. The first-order chi connectivity index (χ1) is 10.0. The van der Waals surface area contributed by atoms with Crippen LogP contribution < -0.4 is 15.0 Å². The topological polar surface area (TPSA) is 54.5 Å². The molecule has 110 valence electrons. The molecule has 0 saturated carbocycles. The molecule has 5 nitrogen and oxygen atoms in total. The van der Waals surface area contributed by atoms with Gasteiger partial charge in [-0.15, -0.1) is 0 Å². The number of nitrogens with zero attached hydrogens (tertiary/aromatic N) is 2. The molecule has 6 heteroatoms. The van der Waals surface area contributed by atoms with Gasteiger partial charge < -0.3 is 15.0 Å². The van der Waals surface area contributed by atoms with Gasteiger partial charge in [0.2, 0.25) is 5.88 Å². The summed E-state index contributed by atoms with van der Waals surface area (Å²) in [5, 5.41) is 2.76. The molecule has 0 spiro atoms. The largest absolute Gasteiger partial charge is 0.479 e. The van der Waals surface area contributed by atoms with Crippen LogP contribution in [-0.2, 0) is 0 Å². The number of aromatic nitrogens is 1. The zero-order chi connectivity index (χ0) is 15.4. The van der Waals surface area contributed by atoms with Gasteiger partial charge in [0.15, 0.2) is 0 Å². The number of hydrogen-bond acceptors (Lipinski definition) is 4. The van der Waals surface area contributed by atoms with E-state index in [9.17, 15) is 9.18 Å². The number of rotatable bonds is 4. The van der Waals surface area contributed by atoms with Gasteiger partial charge in [-0.1, -0.05) is 0 Å². The second kappa shape index (κ2) is 6.21. The SMILES string of the molecule is COc1nccc(N(C)C)c1NC(=O)c1ccc(F)cc1. The second-order valence-corrected chi connectivity index (χ2v) is 4.57. The van der Waals surface area contributed by atoms with Crippen LogP contribution in [0.1, 0.15) is 10.4 Å². The Balaban J connectivity index is 2.34. The number of anilines is 2. The van der Waals surface area contributed by atoms with Crippen LogP contribution in [0.25, 0.3) is 0 Å². The Morgan fingerprint density at radius 1 is 1.24 bits per heavy atom. The van der Waals surface area contributed by atoms with E-state index in [1.165, 1.54) is 31.4 Å². The number of benzene rings is 1. The summed E-state index contributed by atoms with van der Waals surface area (Å²) in [4.78, 5) is 18.1. The van der Waals surface area contributed by atoms with Crippen molar-refractivity contribution < 1.29 is 13.9 Å². The van der Waals surface area contributed by atoms with E-state index >= 15 is 0 Å². The quantitative estimate of drug-likeness (QED) is 0.940. The molecule has 0 saturated heterocycles. The number of hydrogen-bond donors (Lipinski definition) is 1. The average molecular weight is 289 g/mol. The monoisotopic (exact) mass is 289 g/mol. The van der Waals surface area contributed by atoms with Crippen molar-refractivity contribution in [1.82, 2.24) is 4.98 Å². The summed E-state index contributed by atoms with van der Waals surface area (Å²) in [7, 11) is 5.18. The lowest BCUT2D eigenvalue weighted by Gasteiger charge is -2.19. The third-order valence-corrected chi connectivity index (χ3v) is 2.91. The van der Waals surface area contributed by atoms with Crippen molar-refractivity contribution >= 4 is 17.3 Å². The number of methoxy groups -OCH3 is 1.